The second-order valence-electron chi connectivity index (χ2n) is 7.43. The third kappa shape index (κ3) is 5.39. The standard InChI is InChI=1S/C24H26N2O5S/c1-16(2)17-5-7-18(8-6-17)24(27)25-20-11-14-22(31-4)23(15-20)32(28,29)26-19-9-12-21(30-3)13-10-19/h5-16,26H,1-4H3,(H,25,27). The summed E-state index contributed by atoms with van der Waals surface area (Å²) in [5.74, 6) is 0.790. The minimum absolute atomic E-state index is 0.0937. The van der Waals surface area contributed by atoms with E-state index >= 15 is 0 Å². The molecule has 0 spiro atoms. The van der Waals surface area contributed by atoms with Crippen molar-refractivity contribution in [1.29, 1.82) is 0 Å². The van der Waals surface area contributed by atoms with Gasteiger partial charge >= 0.3 is 0 Å². The van der Waals surface area contributed by atoms with E-state index in [2.05, 4.69) is 23.9 Å². The Kier molecular flexibility index (Phi) is 7.05. The first-order valence-corrected chi connectivity index (χ1v) is 11.5. The first-order chi connectivity index (χ1) is 15.2. The summed E-state index contributed by atoms with van der Waals surface area (Å²) in [5, 5.41) is 2.75. The molecule has 0 aliphatic heterocycles. The summed E-state index contributed by atoms with van der Waals surface area (Å²) in [6.45, 7) is 4.16. The minimum atomic E-state index is -3.98. The Morgan fingerprint density at radius 2 is 1.47 bits per heavy atom. The Bertz CT molecular complexity index is 1190. The highest BCUT2D eigenvalue weighted by Gasteiger charge is 2.21. The second kappa shape index (κ2) is 9.74. The van der Waals surface area contributed by atoms with Gasteiger partial charge in [-0.3, -0.25) is 9.52 Å². The van der Waals surface area contributed by atoms with Gasteiger partial charge in [-0.25, -0.2) is 8.42 Å². The highest BCUT2D eigenvalue weighted by molar-refractivity contribution is 7.92. The van der Waals surface area contributed by atoms with Crippen LogP contribution in [0.1, 0.15) is 35.7 Å². The van der Waals surface area contributed by atoms with Crippen molar-refractivity contribution in [1.82, 2.24) is 0 Å². The zero-order valence-corrected chi connectivity index (χ0v) is 19.2. The van der Waals surface area contributed by atoms with Gasteiger partial charge < -0.3 is 14.8 Å². The highest BCUT2D eigenvalue weighted by atomic mass is 32.2. The Morgan fingerprint density at radius 1 is 0.844 bits per heavy atom. The molecule has 3 aromatic rings. The summed E-state index contributed by atoms with van der Waals surface area (Å²) >= 11 is 0. The predicted octanol–water partition coefficient (Wildman–Crippen LogP) is 4.88. The first-order valence-electron chi connectivity index (χ1n) is 9.99. The maximum atomic E-state index is 13.0. The lowest BCUT2D eigenvalue weighted by molar-refractivity contribution is 0.102. The molecule has 7 nitrogen and oxygen atoms in total. The summed E-state index contributed by atoms with van der Waals surface area (Å²) in [4.78, 5) is 12.5. The lowest BCUT2D eigenvalue weighted by Gasteiger charge is -2.14. The number of hydrogen-bond acceptors (Lipinski definition) is 5. The predicted molar refractivity (Wildman–Crippen MR) is 125 cm³/mol. The Hall–Kier alpha value is -3.52. The fraction of sp³-hybridized carbons (Fsp3) is 0.208. The maximum absolute atomic E-state index is 13.0. The molecule has 0 unspecified atom stereocenters. The number of methoxy groups -OCH3 is 2. The van der Waals surface area contributed by atoms with E-state index in [1.807, 2.05) is 12.1 Å². The molecule has 0 bridgehead atoms. The van der Waals surface area contributed by atoms with Gasteiger partial charge in [0.05, 0.1) is 14.2 Å². The van der Waals surface area contributed by atoms with Crippen molar-refractivity contribution < 1.29 is 22.7 Å². The van der Waals surface area contributed by atoms with Crippen molar-refractivity contribution in [2.75, 3.05) is 24.3 Å². The van der Waals surface area contributed by atoms with Gasteiger partial charge in [-0.15, -0.1) is 0 Å². The minimum Gasteiger partial charge on any atom is -0.497 e. The number of sulfonamides is 1. The molecule has 0 fully saturated rings. The van der Waals surface area contributed by atoms with Crippen LogP contribution in [0.15, 0.2) is 71.6 Å². The van der Waals surface area contributed by atoms with E-state index in [4.69, 9.17) is 9.47 Å². The second-order valence-corrected chi connectivity index (χ2v) is 9.08. The van der Waals surface area contributed by atoms with Crippen LogP contribution in [0.2, 0.25) is 0 Å². The van der Waals surface area contributed by atoms with Crippen LogP contribution in [-0.2, 0) is 10.0 Å². The van der Waals surface area contributed by atoms with E-state index in [1.54, 1.807) is 42.5 Å². The summed E-state index contributed by atoms with van der Waals surface area (Å²) in [7, 11) is -1.07. The monoisotopic (exact) mass is 454 g/mol. The van der Waals surface area contributed by atoms with E-state index in [0.29, 0.717) is 28.6 Å². The van der Waals surface area contributed by atoms with E-state index in [1.165, 1.54) is 26.4 Å². The lowest BCUT2D eigenvalue weighted by atomic mass is 10.0. The molecule has 0 atom stereocenters. The average molecular weight is 455 g/mol. The molecule has 0 aromatic heterocycles. The smallest absolute Gasteiger partial charge is 0.265 e. The fourth-order valence-corrected chi connectivity index (χ4v) is 4.31. The number of rotatable bonds is 8. The SMILES string of the molecule is COc1ccc(NS(=O)(=O)c2cc(NC(=O)c3ccc(C(C)C)cc3)ccc2OC)cc1. The van der Waals surface area contributed by atoms with E-state index in [9.17, 15) is 13.2 Å². The summed E-state index contributed by atoms with van der Waals surface area (Å²) in [5.41, 5.74) is 2.31. The van der Waals surface area contributed by atoms with E-state index in [-0.39, 0.29) is 16.6 Å². The number of carbonyl (C=O) groups excluding carboxylic acids is 1. The van der Waals surface area contributed by atoms with Crippen LogP contribution in [0.5, 0.6) is 11.5 Å². The van der Waals surface area contributed by atoms with Crippen LogP contribution in [-0.4, -0.2) is 28.5 Å². The van der Waals surface area contributed by atoms with Crippen molar-refractivity contribution >= 4 is 27.3 Å². The van der Waals surface area contributed by atoms with Crippen LogP contribution in [0.3, 0.4) is 0 Å². The quantitative estimate of drug-likeness (QED) is 0.506. The molecule has 3 rings (SSSR count). The first kappa shape index (κ1) is 23.1. The normalized spacial score (nSPS) is 11.2. The van der Waals surface area contributed by atoms with Crippen molar-refractivity contribution in [3.8, 4) is 11.5 Å². The third-order valence-corrected chi connectivity index (χ3v) is 6.30. The van der Waals surface area contributed by atoms with Gasteiger partial charge in [-0.2, -0.15) is 0 Å². The number of hydrogen-bond donors (Lipinski definition) is 2. The van der Waals surface area contributed by atoms with E-state index < -0.39 is 10.0 Å². The number of anilines is 2. The number of amides is 1. The fourth-order valence-electron chi connectivity index (χ4n) is 3.06. The Balaban J connectivity index is 1.84. The van der Waals surface area contributed by atoms with Gasteiger partial charge in [0.1, 0.15) is 16.4 Å². The van der Waals surface area contributed by atoms with Crippen molar-refractivity contribution in [2.24, 2.45) is 0 Å². The van der Waals surface area contributed by atoms with Crippen molar-refractivity contribution in [3.05, 3.63) is 77.9 Å². The van der Waals surface area contributed by atoms with Gasteiger partial charge in [0, 0.05) is 16.9 Å². The van der Waals surface area contributed by atoms with E-state index in [0.717, 1.165) is 5.56 Å². The van der Waals surface area contributed by atoms with Crippen molar-refractivity contribution in [3.63, 3.8) is 0 Å². The maximum Gasteiger partial charge on any atom is 0.265 e. The summed E-state index contributed by atoms with van der Waals surface area (Å²) < 4.78 is 38.9. The van der Waals surface area contributed by atoms with Gasteiger partial charge in [0.15, 0.2) is 0 Å². The molecule has 32 heavy (non-hydrogen) atoms. The van der Waals surface area contributed by atoms with Gasteiger partial charge in [0.25, 0.3) is 15.9 Å². The summed E-state index contributed by atoms with van der Waals surface area (Å²) in [6.07, 6.45) is 0. The van der Waals surface area contributed by atoms with Crippen LogP contribution in [0.4, 0.5) is 11.4 Å². The van der Waals surface area contributed by atoms with Gasteiger partial charge in [-0.05, 0) is 66.1 Å². The zero-order chi connectivity index (χ0) is 23.3. The molecule has 0 aliphatic rings. The molecule has 0 heterocycles. The van der Waals surface area contributed by atoms with Crippen molar-refractivity contribution in [2.45, 2.75) is 24.7 Å². The number of nitrogens with one attached hydrogen (secondary N) is 2. The number of ether oxygens (including phenoxy) is 2. The number of benzene rings is 3. The van der Waals surface area contributed by atoms with Gasteiger partial charge in [0.2, 0.25) is 0 Å². The average Bonchev–Trinajstić information content (AvgIpc) is 2.79. The van der Waals surface area contributed by atoms with Crippen LogP contribution in [0, 0.1) is 0 Å². The molecule has 0 aliphatic carbocycles. The third-order valence-electron chi connectivity index (χ3n) is 4.89. The molecule has 0 radical (unpaired) electrons. The number of carbonyl (C=O) groups is 1. The molecular formula is C24H26N2O5S. The molecular weight excluding hydrogens is 428 g/mol. The molecule has 1 amide bonds. The Labute approximate surface area is 188 Å². The molecule has 0 saturated heterocycles. The Morgan fingerprint density at radius 3 is 2.03 bits per heavy atom. The van der Waals surface area contributed by atoms with Crippen LogP contribution < -0.4 is 19.5 Å². The molecule has 3 aromatic carbocycles. The molecule has 0 saturated carbocycles. The van der Waals surface area contributed by atoms with Gasteiger partial charge in [-0.1, -0.05) is 26.0 Å². The highest BCUT2D eigenvalue weighted by Crippen LogP contribution is 2.29. The lowest BCUT2D eigenvalue weighted by Crippen LogP contribution is -2.16. The topological polar surface area (TPSA) is 93.7 Å². The van der Waals surface area contributed by atoms with Crippen LogP contribution in [0.25, 0.3) is 0 Å². The summed E-state index contributed by atoms with van der Waals surface area (Å²) in [6, 6.07) is 18.2. The molecule has 168 valence electrons. The molecule has 2 N–H and O–H groups in total. The zero-order valence-electron chi connectivity index (χ0n) is 18.4. The largest absolute Gasteiger partial charge is 0.497 e. The molecule has 8 heteroatoms. The van der Waals surface area contributed by atoms with Crippen LogP contribution >= 0.6 is 0 Å².